The molecular formula is C19H30N6. The first kappa shape index (κ1) is 16.8. The summed E-state index contributed by atoms with van der Waals surface area (Å²) in [6, 6.07) is 0.633. The number of nitrogens with zero attached hydrogens (tertiary/aromatic N) is 5. The monoisotopic (exact) mass is 342 g/mol. The molecular weight excluding hydrogens is 312 g/mol. The molecule has 0 spiro atoms. The fourth-order valence-electron chi connectivity index (χ4n) is 4.52. The molecule has 1 unspecified atom stereocenters. The third-order valence-electron chi connectivity index (χ3n) is 6.13. The van der Waals surface area contributed by atoms with Crippen LogP contribution in [0.2, 0.25) is 0 Å². The first-order valence-electron chi connectivity index (χ1n) is 9.87. The fourth-order valence-corrected chi connectivity index (χ4v) is 4.52. The lowest BCUT2D eigenvalue weighted by atomic mass is 9.89. The summed E-state index contributed by atoms with van der Waals surface area (Å²) < 4.78 is 1.84. The van der Waals surface area contributed by atoms with Crippen LogP contribution in [0.1, 0.15) is 56.2 Å². The van der Waals surface area contributed by atoms with Gasteiger partial charge in [-0.1, -0.05) is 19.3 Å². The molecule has 6 heteroatoms. The van der Waals surface area contributed by atoms with Crippen LogP contribution >= 0.6 is 0 Å². The third-order valence-corrected chi connectivity index (χ3v) is 6.13. The first-order chi connectivity index (χ1) is 12.2. The van der Waals surface area contributed by atoms with Crippen molar-refractivity contribution in [2.75, 3.05) is 25.0 Å². The Morgan fingerprint density at radius 2 is 1.96 bits per heavy atom. The topological polar surface area (TPSA) is 58.4 Å². The molecule has 1 saturated carbocycles. The molecule has 0 radical (unpaired) electrons. The van der Waals surface area contributed by atoms with Crippen molar-refractivity contribution in [3.05, 3.63) is 17.6 Å². The van der Waals surface area contributed by atoms with E-state index in [1.54, 1.807) is 6.33 Å². The number of aryl methyl sites for hydroxylation is 1. The molecule has 0 bridgehead atoms. The molecule has 1 atom stereocenters. The summed E-state index contributed by atoms with van der Waals surface area (Å²) in [5.41, 5.74) is 2.18. The van der Waals surface area contributed by atoms with Gasteiger partial charge in [0.15, 0.2) is 0 Å². The van der Waals surface area contributed by atoms with Crippen molar-refractivity contribution in [3.8, 4) is 0 Å². The number of hydrogen-bond acceptors (Lipinski definition) is 5. The van der Waals surface area contributed by atoms with E-state index in [0.29, 0.717) is 11.8 Å². The van der Waals surface area contributed by atoms with Gasteiger partial charge < -0.3 is 5.32 Å². The lowest BCUT2D eigenvalue weighted by molar-refractivity contribution is 0.192. The van der Waals surface area contributed by atoms with E-state index in [1.807, 2.05) is 11.4 Å². The van der Waals surface area contributed by atoms with E-state index in [4.69, 9.17) is 0 Å². The van der Waals surface area contributed by atoms with Gasteiger partial charge >= 0.3 is 0 Å². The van der Waals surface area contributed by atoms with E-state index in [9.17, 15) is 0 Å². The Morgan fingerprint density at radius 3 is 2.80 bits per heavy atom. The highest BCUT2D eigenvalue weighted by Gasteiger charge is 2.27. The quantitative estimate of drug-likeness (QED) is 0.904. The average Bonchev–Trinajstić information content (AvgIpc) is 3.25. The van der Waals surface area contributed by atoms with Gasteiger partial charge in [0.1, 0.15) is 12.1 Å². The van der Waals surface area contributed by atoms with Gasteiger partial charge in [0.2, 0.25) is 0 Å². The summed E-state index contributed by atoms with van der Waals surface area (Å²) in [6.07, 6.45) is 11.4. The molecule has 6 nitrogen and oxygen atoms in total. The van der Waals surface area contributed by atoms with E-state index in [2.05, 4.69) is 32.2 Å². The van der Waals surface area contributed by atoms with E-state index >= 15 is 0 Å². The van der Waals surface area contributed by atoms with Gasteiger partial charge in [-0.25, -0.2) is 4.98 Å². The number of aromatic nitrogens is 4. The van der Waals surface area contributed by atoms with Crippen LogP contribution in [0, 0.1) is 19.8 Å². The second-order valence-corrected chi connectivity index (χ2v) is 7.82. The zero-order valence-corrected chi connectivity index (χ0v) is 15.5. The molecule has 25 heavy (non-hydrogen) atoms. The second kappa shape index (κ2) is 7.28. The summed E-state index contributed by atoms with van der Waals surface area (Å²) in [5.74, 6) is 2.64. The molecule has 0 amide bonds. The highest BCUT2D eigenvalue weighted by molar-refractivity contribution is 5.51. The van der Waals surface area contributed by atoms with Gasteiger partial charge in [0.05, 0.1) is 0 Å². The van der Waals surface area contributed by atoms with Crippen LogP contribution in [0.3, 0.4) is 0 Å². The highest BCUT2D eigenvalue weighted by Crippen LogP contribution is 2.28. The SMILES string of the molecule is Cc1nc2ncnn2c(NCC2CCCN2CC2CCCCC2)c1C. The van der Waals surface area contributed by atoms with Gasteiger partial charge in [-0.2, -0.15) is 14.6 Å². The van der Waals surface area contributed by atoms with Crippen LogP contribution < -0.4 is 5.32 Å². The molecule has 1 N–H and O–H groups in total. The van der Waals surface area contributed by atoms with Crippen LogP contribution in [0.25, 0.3) is 5.78 Å². The average molecular weight is 342 g/mol. The Kier molecular flexibility index (Phi) is 4.88. The Morgan fingerprint density at radius 1 is 1.12 bits per heavy atom. The molecule has 2 fully saturated rings. The minimum Gasteiger partial charge on any atom is -0.368 e. The van der Waals surface area contributed by atoms with Crippen molar-refractivity contribution in [1.82, 2.24) is 24.5 Å². The molecule has 2 aromatic heterocycles. The van der Waals surface area contributed by atoms with Gasteiger partial charge in [-0.3, -0.25) is 4.90 Å². The maximum atomic E-state index is 4.51. The lowest BCUT2D eigenvalue weighted by Gasteiger charge is -2.31. The number of fused-ring (bicyclic) bond motifs is 1. The Bertz CT molecular complexity index is 718. The minimum absolute atomic E-state index is 0.633. The lowest BCUT2D eigenvalue weighted by Crippen LogP contribution is -2.39. The van der Waals surface area contributed by atoms with Crippen molar-refractivity contribution in [2.24, 2.45) is 5.92 Å². The van der Waals surface area contributed by atoms with E-state index < -0.39 is 0 Å². The molecule has 0 aromatic carbocycles. The Hall–Kier alpha value is -1.69. The number of hydrogen-bond donors (Lipinski definition) is 1. The summed E-state index contributed by atoms with van der Waals surface area (Å²) >= 11 is 0. The summed E-state index contributed by atoms with van der Waals surface area (Å²) in [4.78, 5) is 11.5. The maximum absolute atomic E-state index is 4.51. The van der Waals surface area contributed by atoms with E-state index in [-0.39, 0.29) is 0 Å². The smallest absolute Gasteiger partial charge is 0.254 e. The predicted octanol–water partition coefficient (Wildman–Crippen LogP) is 3.20. The zero-order valence-electron chi connectivity index (χ0n) is 15.5. The standard InChI is InChI=1S/C19H30N6/c1-14-15(2)23-19-21-13-22-25(19)18(14)20-11-17-9-6-10-24(17)12-16-7-4-3-5-8-16/h13,16-17,20H,3-12H2,1-2H3. The Balaban J connectivity index is 1.43. The van der Waals surface area contributed by atoms with Gasteiger partial charge in [0.25, 0.3) is 5.78 Å². The molecule has 1 aliphatic carbocycles. The van der Waals surface area contributed by atoms with E-state index in [1.165, 1.54) is 58.0 Å². The van der Waals surface area contributed by atoms with Crippen molar-refractivity contribution in [1.29, 1.82) is 0 Å². The van der Waals surface area contributed by atoms with Crippen LogP contribution in [-0.4, -0.2) is 50.2 Å². The van der Waals surface area contributed by atoms with Crippen molar-refractivity contribution in [2.45, 2.75) is 64.8 Å². The zero-order chi connectivity index (χ0) is 17.2. The molecule has 1 aliphatic heterocycles. The fraction of sp³-hybridized carbons (Fsp3) is 0.737. The summed E-state index contributed by atoms with van der Waals surface area (Å²) in [7, 11) is 0. The van der Waals surface area contributed by atoms with Crippen molar-refractivity contribution >= 4 is 11.6 Å². The molecule has 3 heterocycles. The van der Waals surface area contributed by atoms with Crippen molar-refractivity contribution in [3.63, 3.8) is 0 Å². The van der Waals surface area contributed by atoms with Crippen LogP contribution in [0.5, 0.6) is 0 Å². The number of rotatable bonds is 5. The van der Waals surface area contributed by atoms with E-state index in [0.717, 1.165) is 29.5 Å². The minimum atomic E-state index is 0.633. The molecule has 4 rings (SSSR count). The molecule has 1 saturated heterocycles. The molecule has 2 aliphatic rings. The molecule has 136 valence electrons. The number of nitrogens with one attached hydrogen (secondary N) is 1. The maximum Gasteiger partial charge on any atom is 0.254 e. The largest absolute Gasteiger partial charge is 0.368 e. The van der Waals surface area contributed by atoms with Crippen LogP contribution in [0.4, 0.5) is 5.82 Å². The summed E-state index contributed by atoms with van der Waals surface area (Å²) in [6.45, 7) is 7.68. The van der Waals surface area contributed by atoms with Gasteiger partial charge in [0, 0.05) is 30.4 Å². The highest BCUT2D eigenvalue weighted by atomic mass is 15.4. The van der Waals surface area contributed by atoms with Gasteiger partial charge in [-0.05, 0) is 52.0 Å². The first-order valence-corrected chi connectivity index (χ1v) is 9.87. The Labute approximate surface area is 150 Å². The van der Waals surface area contributed by atoms with Gasteiger partial charge in [-0.15, -0.1) is 0 Å². The molecule has 2 aromatic rings. The van der Waals surface area contributed by atoms with Crippen molar-refractivity contribution < 1.29 is 0 Å². The van der Waals surface area contributed by atoms with Crippen LogP contribution in [-0.2, 0) is 0 Å². The van der Waals surface area contributed by atoms with Crippen LogP contribution in [0.15, 0.2) is 6.33 Å². The summed E-state index contributed by atoms with van der Waals surface area (Å²) in [5, 5.41) is 8.02. The second-order valence-electron chi connectivity index (χ2n) is 7.82. The normalized spacial score (nSPS) is 22.7. The number of anilines is 1. The number of likely N-dealkylation sites (tertiary alicyclic amines) is 1. The predicted molar refractivity (Wildman–Crippen MR) is 99.9 cm³/mol. The third kappa shape index (κ3) is 3.50.